The molecule has 4 aromatic rings. The van der Waals surface area contributed by atoms with Gasteiger partial charge in [-0.05, 0) is 104 Å². The van der Waals surface area contributed by atoms with Gasteiger partial charge in [-0.3, -0.25) is 4.79 Å². The number of ether oxygens (including phenoxy) is 5. The van der Waals surface area contributed by atoms with Crippen LogP contribution in [-0.2, 0) is 27.1 Å². The largest absolute Gasteiger partial charge is 0.494 e. The van der Waals surface area contributed by atoms with Crippen LogP contribution < -0.4 is 14.2 Å². The molecule has 3 atom stereocenters. The van der Waals surface area contributed by atoms with E-state index >= 15 is 0 Å². The Balaban J connectivity index is 0.970. The summed E-state index contributed by atoms with van der Waals surface area (Å²) in [5, 5.41) is 9.03. The number of benzene rings is 4. The van der Waals surface area contributed by atoms with Gasteiger partial charge in [0.25, 0.3) is 0 Å². The smallest absolute Gasteiger partial charge is 0.343 e. The first-order valence-electron chi connectivity index (χ1n) is 18.0. The van der Waals surface area contributed by atoms with E-state index in [2.05, 4.69) is 6.07 Å². The number of hydrogen-bond acceptors (Lipinski definition) is 8. The van der Waals surface area contributed by atoms with E-state index in [4.69, 9.17) is 28.9 Å². The average molecular weight is 746 g/mol. The topological polar surface area (TPSA) is 107 Å². The Hall–Kier alpha value is -5.25. The van der Waals surface area contributed by atoms with Gasteiger partial charge in [0, 0.05) is 38.5 Å². The summed E-state index contributed by atoms with van der Waals surface area (Å²) in [5.41, 5.74) is 0.401. The Kier molecular flexibility index (Phi) is 13.0. The molecule has 3 unspecified atom stereocenters. The lowest BCUT2D eigenvalue weighted by atomic mass is 9.90. The second-order valence-electron chi connectivity index (χ2n) is 13.4. The van der Waals surface area contributed by atoms with Crippen LogP contribution in [0.4, 0.5) is 17.6 Å². The van der Waals surface area contributed by atoms with Crippen LogP contribution >= 0.6 is 0 Å². The van der Waals surface area contributed by atoms with Crippen molar-refractivity contribution in [3.05, 3.63) is 113 Å². The van der Waals surface area contributed by atoms with Crippen molar-refractivity contribution in [3.63, 3.8) is 0 Å². The molecule has 12 heteroatoms. The summed E-state index contributed by atoms with van der Waals surface area (Å²) in [6, 6.07) is 18.9. The van der Waals surface area contributed by atoms with Crippen molar-refractivity contribution in [2.75, 3.05) is 19.8 Å². The monoisotopic (exact) mass is 745 g/mol. The third-order valence-corrected chi connectivity index (χ3v) is 9.43. The molecule has 1 saturated heterocycles. The van der Waals surface area contributed by atoms with Crippen LogP contribution in [0.25, 0.3) is 11.1 Å². The van der Waals surface area contributed by atoms with Crippen LogP contribution in [0.3, 0.4) is 0 Å². The Morgan fingerprint density at radius 2 is 1.54 bits per heavy atom. The number of aryl methyl sites for hydroxylation is 2. The molecule has 54 heavy (non-hydrogen) atoms. The molecular formula is C42H39F4NO7. The van der Waals surface area contributed by atoms with E-state index < -0.39 is 40.8 Å². The van der Waals surface area contributed by atoms with Crippen LogP contribution in [-0.4, -0.2) is 44.0 Å². The van der Waals surface area contributed by atoms with E-state index in [9.17, 15) is 27.2 Å². The number of esters is 2. The molecular weight excluding hydrogens is 706 g/mol. The van der Waals surface area contributed by atoms with E-state index in [0.717, 1.165) is 49.3 Å². The Bertz CT molecular complexity index is 1950. The summed E-state index contributed by atoms with van der Waals surface area (Å²) >= 11 is 0. The van der Waals surface area contributed by atoms with Crippen LogP contribution in [0.1, 0.15) is 66.4 Å². The minimum absolute atomic E-state index is 0.000316. The van der Waals surface area contributed by atoms with E-state index in [0.29, 0.717) is 56.2 Å². The fourth-order valence-electron chi connectivity index (χ4n) is 6.45. The third-order valence-electron chi connectivity index (χ3n) is 9.43. The first-order chi connectivity index (χ1) is 26.2. The van der Waals surface area contributed by atoms with E-state index in [1.807, 2.05) is 24.3 Å². The maximum atomic E-state index is 14.2. The van der Waals surface area contributed by atoms with Crippen molar-refractivity contribution in [1.82, 2.24) is 0 Å². The van der Waals surface area contributed by atoms with Crippen molar-refractivity contribution in [2.24, 2.45) is 5.92 Å². The Morgan fingerprint density at radius 3 is 2.26 bits per heavy atom. The predicted octanol–water partition coefficient (Wildman–Crippen LogP) is 8.87. The highest BCUT2D eigenvalue weighted by molar-refractivity contribution is 5.91. The summed E-state index contributed by atoms with van der Waals surface area (Å²) in [6.07, 6.45) is 6.79. The highest BCUT2D eigenvalue weighted by atomic mass is 19.2. The highest BCUT2D eigenvalue weighted by Crippen LogP contribution is 2.39. The SMILES string of the molecule is N#CCCCc1cc(OC(=O)c2ccc(-c3c(F)c(F)cc(F)c3F)cc2)ccc1OC(=O)CCc1ccc(OCCCOCC2CCC3OC3C2)cc1. The minimum atomic E-state index is -1.56. The number of unbranched alkanes of at least 4 members (excludes halogenated alkanes) is 1. The predicted molar refractivity (Wildman–Crippen MR) is 189 cm³/mol. The lowest BCUT2D eigenvalue weighted by Crippen LogP contribution is -2.19. The number of epoxide rings is 1. The second-order valence-corrected chi connectivity index (χ2v) is 13.4. The number of carbonyl (C=O) groups is 2. The van der Waals surface area contributed by atoms with Crippen molar-refractivity contribution in [3.8, 4) is 34.4 Å². The molecule has 1 heterocycles. The molecule has 1 saturated carbocycles. The molecule has 0 radical (unpaired) electrons. The molecule has 2 fully saturated rings. The molecule has 1 aliphatic carbocycles. The van der Waals surface area contributed by atoms with Gasteiger partial charge in [0.15, 0.2) is 23.3 Å². The zero-order valence-electron chi connectivity index (χ0n) is 29.5. The van der Waals surface area contributed by atoms with Crippen LogP contribution in [0.5, 0.6) is 17.2 Å². The van der Waals surface area contributed by atoms with E-state index in [1.165, 1.54) is 36.8 Å². The number of fused-ring (bicyclic) bond motifs is 1. The summed E-state index contributed by atoms with van der Waals surface area (Å²) in [5.74, 6) is -5.78. The van der Waals surface area contributed by atoms with Gasteiger partial charge in [0.1, 0.15) is 17.2 Å². The fourth-order valence-corrected chi connectivity index (χ4v) is 6.45. The quantitative estimate of drug-likeness (QED) is 0.0264. The standard InChI is InChI=1S/C42H39F4NO7/c43-33-24-34(44)41(46)39(40(33)45)28-9-11-29(12-10-28)42(49)52-32-15-17-35(30(23-32)4-1-2-19-47)54-38(48)18-8-26-5-13-31(14-6-26)51-21-3-20-50-25-27-7-16-36-37(22-27)53-36/h5-6,9-15,17,23-24,27,36-37H,1-4,7-8,16,18,20-22,25H2. The van der Waals surface area contributed by atoms with Gasteiger partial charge < -0.3 is 23.7 Å². The first kappa shape index (κ1) is 38.5. The summed E-state index contributed by atoms with van der Waals surface area (Å²) in [7, 11) is 0. The molecule has 6 rings (SSSR count). The Morgan fingerprint density at radius 1 is 0.796 bits per heavy atom. The third kappa shape index (κ3) is 10.2. The lowest BCUT2D eigenvalue weighted by Gasteiger charge is -2.18. The van der Waals surface area contributed by atoms with Crippen LogP contribution in [0.2, 0.25) is 0 Å². The maximum absolute atomic E-state index is 14.2. The number of nitrogens with zero attached hydrogens (tertiary/aromatic N) is 1. The summed E-state index contributed by atoms with van der Waals surface area (Å²) < 4.78 is 84.3. The fraction of sp³-hybridized carbons (Fsp3) is 0.357. The molecule has 1 aliphatic heterocycles. The first-order valence-corrected chi connectivity index (χ1v) is 18.0. The molecule has 0 aromatic heterocycles. The zero-order valence-corrected chi connectivity index (χ0v) is 29.5. The van der Waals surface area contributed by atoms with Crippen molar-refractivity contribution >= 4 is 11.9 Å². The van der Waals surface area contributed by atoms with Crippen molar-refractivity contribution < 1.29 is 50.8 Å². The van der Waals surface area contributed by atoms with E-state index in [1.54, 1.807) is 0 Å². The Labute approximate surface area is 310 Å². The second kappa shape index (κ2) is 18.2. The van der Waals surface area contributed by atoms with E-state index in [-0.39, 0.29) is 41.5 Å². The molecule has 8 nitrogen and oxygen atoms in total. The van der Waals surface area contributed by atoms with Crippen LogP contribution in [0.15, 0.2) is 72.8 Å². The van der Waals surface area contributed by atoms with Crippen LogP contribution in [0, 0.1) is 40.5 Å². The molecule has 0 spiro atoms. The van der Waals surface area contributed by atoms with Crippen molar-refractivity contribution in [1.29, 1.82) is 5.26 Å². The summed E-state index contributed by atoms with van der Waals surface area (Å²) in [6.45, 7) is 1.96. The number of carbonyl (C=O) groups excluding carboxylic acids is 2. The van der Waals surface area contributed by atoms with Gasteiger partial charge in [-0.1, -0.05) is 24.3 Å². The van der Waals surface area contributed by atoms with Gasteiger partial charge in [-0.25, -0.2) is 22.4 Å². The van der Waals surface area contributed by atoms with Crippen molar-refractivity contribution in [2.45, 2.75) is 70.0 Å². The lowest BCUT2D eigenvalue weighted by molar-refractivity contribution is -0.134. The number of rotatable bonds is 17. The molecule has 0 amide bonds. The van der Waals surface area contributed by atoms with Gasteiger partial charge in [0.2, 0.25) is 0 Å². The molecule has 2 aliphatic rings. The zero-order chi connectivity index (χ0) is 38.0. The molecule has 4 aromatic carbocycles. The highest BCUT2D eigenvalue weighted by Gasteiger charge is 2.43. The van der Waals surface area contributed by atoms with Gasteiger partial charge in [-0.15, -0.1) is 0 Å². The molecule has 282 valence electrons. The minimum Gasteiger partial charge on any atom is -0.494 e. The number of nitriles is 1. The van der Waals surface area contributed by atoms with Gasteiger partial charge in [-0.2, -0.15) is 5.26 Å². The van der Waals surface area contributed by atoms with Gasteiger partial charge >= 0.3 is 11.9 Å². The number of halogens is 4. The number of hydrogen-bond donors (Lipinski definition) is 0. The molecule has 0 bridgehead atoms. The molecule has 0 N–H and O–H groups in total. The average Bonchev–Trinajstić information content (AvgIpc) is 3.96. The normalized spacial score (nSPS) is 17.3. The maximum Gasteiger partial charge on any atom is 0.343 e. The summed E-state index contributed by atoms with van der Waals surface area (Å²) in [4.78, 5) is 25.7. The van der Waals surface area contributed by atoms with Gasteiger partial charge in [0.05, 0.1) is 36.0 Å².